The van der Waals surface area contributed by atoms with E-state index in [1.165, 1.54) is 0 Å². The lowest BCUT2D eigenvalue weighted by Gasteiger charge is -2.15. The zero-order chi connectivity index (χ0) is 15.8. The molecule has 0 unspecified atom stereocenters. The second kappa shape index (κ2) is 5.53. The van der Waals surface area contributed by atoms with Crippen LogP contribution in [-0.2, 0) is 10.0 Å². The molecule has 0 atom stereocenters. The summed E-state index contributed by atoms with van der Waals surface area (Å²) in [4.78, 5) is 0.335. The number of anilines is 1. The highest BCUT2D eigenvalue weighted by Crippen LogP contribution is 2.26. The Hall–Kier alpha value is -1.81. The molecule has 21 heavy (non-hydrogen) atoms. The van der Waals surface area contributed by atoms with Crippen molar-refractivity contribution in [3.63, 3.8) is 0 Å². The Morgan fingerprint density at radius 3 is 1.90 bits per heavy atom. The van der Waals surface area contributed by atoms with Crippen LogP contribution in [0.5, 0.6) is 0 Å². The topological polar surface area (TPSA) is 46.2 Å². The monoisotopic (exact) mass is 303 g/mol. The SMILES string of the molecule is Cc1cc(C)c(NS(=O)(=O)c2cc(C)ccc2C)c(C)c1. The van der Waals surface area contributed by atoms with Crippen molar-refractivity contribution in [1.82, 2.24) is 0 Å². The molecule has 2 aromatic rings. The third-order valence-electron chi connectivity index (χ3n) is 3.55. The van der Waals surface area contributed by atoms with Crippen LogP contribution in [0.1, 0.15) is 27.8 Å². The van der Waals surface area contributed by atoms with Gasteiger partial charge in [0.1, 0.15) is 0 Å². The molecule has 4 heteroatoms. The van der Waals surface area contributed by atoms with Crippen LogP contribution in [0.3, 0.4) is 0 Å². The van der Waals surface area contributed by atoms with Gasteiger partial charge in [0.05, 0.1) is 10.6 Å². The summed E-state index contributed by atoms with van der Waals surface area (Å²) in [7, 11) is -3.57. The molecule has 0 saturated heterocycles. The van der Waals surface area contributed by atoms with E-state index in [2.05, 4.69) is 4.72 Å². The molecule has 0 radical (unpaired) electrons. The van der Waals surface area contributed by atoms with Crippen molar-refractivity contribution in [3.8, 4) is 0 Å². The third kappa shape index (κ3) is 3.27. The van der Waals surface area contributed by atoms with Crippen LogP contribution >= 0.6 is 0 Å². The van der Waals surface area contributed by atoms with E-state index in [9.17, 15) is 8.42 Å². The zero-order valence-electron chi connectivity index (χ0n) is 13.1. The molecule has 0 aromatic heterocycles. The van der Waals surface area contributed by atoms with Gasteiger partial charge in [-0.05, 0) is 62.9 Å². The molecule has 0 fully saturated rings. The van der Waals surface area contributed by atoms with Gasteiger partial charge in [-0.15, -0.1) is 0 Å². The normalized spacial score (nSPS) is 11.5. The fourth-order valence-electron chi connectivity index (χ4n) is 2.53. The molecule has 0 saturated carbocycles. The van der Waals surface area contributed by atoms with E-state index in [4.69, 9.17) is 0 Å². The van der Waals surface area contributed by atoms with Crippen LogP contribution in [0.4, 0.5) is 5.69 Å². The molecular weight excluding hydrogens is 282 g/mol. The molecule has 2 aromatic carbocycles. The highest BCUT2D eigenvalue weighted by molar-refractivity contribution is 7.92. The number of rotatable bonds is 3. The van der Waals surface area contributed by atoms with Crippen LogP contribution in [0.2, 0.25) is 0 Å². The lowest BCUT2D eigenvalue weighted by molar-refractivity contribution is 0.600. The van der Waals surface area contributed by atoms with Gasteiger partial charge in [0, 0.05) is 0 Å². The van der Waals surface area contributed by atoms with E-state index in [0.717, 1.165) is 27.8 Å². The fraction of sp³-hybridized carbons (Fsp3) is 0.294. The molecule has 3 nitrogen and oxygen atoms in total. The Morgan fingerprint density at radius 1 is 0.762 bits per heavy atom. The van der Waals surface area contributed by atoms with Crippen LogP contribution < -0.4 is 4.72 Å². The minimum atomic E-state index is -3.57. The summed E-state index contributed by atoms with van der Waals surface area (Å²) >= 11 is 0. The van der Waals surface area contributed by atoms with E-state index in [1.807, 2.05) is 58.9 Å². The number of nitrogens with one attached hydrogen (secondary N) is 1. The lowest BCUT2D eigenvalue weighted by Crippen LogP contribution is -2.16. The Labute approximate surface area is 127 Å². The Morgan fingerprint density at radius 2 is 1.33 bits per heavy atom. The minimum absolute atomic E-state index is 0.335. The maximum atomic E-state index is 12.7. The number of benzene rings is 2. The summed E-state index contributed by atoms with van der Waals surface area (Å²) in [6.07, 6.45) is 0. The third-order valence-corrected chi connectivity index (χ3v) is 5.04. The van der Waals surface area contributed by atoms with E-state index in [0.29, 0.717) is 10.6 Å². The standard InChI is InChI=1S/C17H21NO2S/c1-11-6-7-13(3)16(10-11)21(19,20)18-17-14(4)8-12(2)9-15(17)5/h6-10,18H,1-5H3. The molecule has 0 amide bonds. The van der Waals surface area contributed by atoms with Gasteiger partial charge in [-0.1, -0.05) is 29.8 Å². The maximum absolute atomic E-state index is 12.7. The van der Waals surface area contributed by atoms with E-state index in [1.54, 1.807) is 6.07 Å². The first kappa shape index (κ1) is 15.6. The zero-order valence-corrected chi connectivity index (χ0v) is 13.9. The van der Waals surface area contributed by atoms with Gasteiger partial charge in [0.15, 0.2) is 0 Å². The first-order valence-electron chi connectivity index (χ1n) is 6.88. The van der Waals surface area contributed by atoms with Crippen molar-refractivity contribution in [2.24, 2.45) is 0 Å². The Balaban J connectivity index is 2.50. The fourth-order valence-corrected chi connectivity index (χ4v) is 4.06. The molecular formula is C17H21NO2S. The molecule has 0 aliphatic carbocycles. The van der Waals surface area contributed by atoms with Gasteiger partial charge in [0.25, 0.3) is 10.0 Å². The van der Waals surface area contributed by atoms with Crippen LogP contribution in [-0.4, -0.2) is 8.42 Å². The number of hydrogen-bond donors (Lipinski definition) is 1. The van der Waals surface area contributed by atoms with Crippen molar-refractivity contribution in [2.45, 2.75) is 39.5 Å². The molecule has 0 aliphatic rings. The minimum Gasteiger partial charge on any atom is -0.279 e. The van der Waals surface area contributed by atoms with Gasteiger partial charge in [-0.3, -0.25) is 4.72 Å². The molecule has 0 spiro atoms. The smallest absolute Gasteiger partial charge is 0.262 e. The molecule has 0 aliphatic heterocycles. The lowest BCUT2D eigenvalue weighted by atomic mass is 10.1. The van der Waals surface area contributed by atoms with Gasteiger partial charge in [0.2, 0.25) is 0 Å². The van der Waals surface area contributed by atoms with Crippen molar-refractivity contribution in [1.29, 1.82) is 0 Å². The van der Waals surface area contributed by atoms with Gasteiger partial charge < -0.3 is 0 Å². The summed E-state index contributed by atoms with van der Waals surface area (Å²) in [5.41, 5.74) is 5.33. The van der Waals surface area contributed by atoms with Crippen LogP contribution in [0, 0.1) is 34.6 Å². The average Bonchev–Trinajstić information content (AvgIpc) is 2.36. The second-order valence-corrected chi connectivity index (χ2v) is 7.30. The first-order valence-corrected chi connectivity index (χ1v) is 8.37. The molecule has 112 valence electrons. The number of hydrogen-bond acceptors (Lipinski definition) is 2. The molecule has 1 N–H and O–H groups in total. The largest absolute Gasteiger partial charge is 0.279 e. The Kier molecular flexibility index (Phi) is 4.10. The average molecular weight is 303 g/mol. The number of aryl methyl sites for hydroxylation is 5. The van der Waals surface area contributed by atoms with E-state index in [-0.39, 0.29) is 0 Å². The van der Waals surface area contributed by atoms with Gasteiger partial charge in [-0.25, -0.2) is 8.42 Å². The summed E-state index contributed by atoms with van der Waals surface area (Å²) in [6, 6.07) is 9.41. The van der Waals surface area contributed by atoms with E-state index >= 15 is 0 Å². The first-order chi connectivity index (χ1) is 9.70. The highest BCUT2D eigenvalue weighted by atomic mass is 32.2. The second-order valence-electron chi connectivity index (χ2n) is 5.65. The van der Waals surface area contributed by atoms with Crippen molar-refractivity contribution in [3.05, 3.63) is 58.1 Å². The predicted molar refractivity (Wildman–Crippen MR) is 87.4 cm³/mol. The quantitative estimate of drug-likeness (QED) is 0.930. The summed E-state index contributed by atoms with van der Waals surface area (Å²) in [5, 5.41) is 0. The van der Waals surface area contributed by atoms with Gasteiger partial charge >= 0.3 is 0 Å². The summed E-state index contributed by atoms with van der Waals surface area (Å²) in [5.74, 6) is 0. The number of sulfonamides is 1. The highest BCUT2D eigenvalue weighted by Gasteiger charge is 2.19. The van der Waals surface area contributed by atoms with Crippen LogP contribution in [0.25, 0.3) is 0 Å². The van der Waals surface area contributed by atoms with Crippen molar-refractivity contribution < 1.29 is 8.42 Å². The molecule has 0 heterocycles. The summed E-state index contributed by atoms with van der Waals surface area (Å²) in [6.45, 7) is 9.54. The van der Waals surface area contributed by atoms with E-state index < -0.39 is 10.0 Å². The Bertz CT molecular complexity index is 769. The van der Waals surface area contributed by atoms with Crippen LogP contribution in [0.15, 0.2) is 35.2 Å². The predicted octanol–water partition coefficient (Wildman–Crippen LogP) is 4.03. The maximum Gasteiger partial charge on any atom is 0.262 e. The van der Waals surface area contributed by atoms with Gasteiger partial charge in [-0.2, -0.15) is 0 Å². The molecule has 0 bridgehead atoms. The molecule has 2 rings (SSSR count). The summed E-state index contributed by atoms with van der Waals surface area (Å²) < 4.78 is 28.0. The van der Waals surface area contributed by atoms with Crippen molar-refractivity contribution in [2.75, 3.05) is 4.72 Å². The van der Waals surface area contributed by atoms with Crippen molar-refractivity contribution >= 4 is 15.7 Å².